The van der Waals surface area contributed by atoms with Crippen LogP contribution in [0, 0.1) is 0 Å². The predicted octanol–water partition coefficient (Wildman–Crippen LogP) is 4.99. The van der Waals surface area contributed by atoms with E-state index in [9.17, 15) is 9.90 Å². The van der Waals surface area contributed by atoms with Crippen molar-refractivity contribution in [3.63, 3.8) is 0 Å². The van der Waals surface area contributed by atoms with Crippen molar-refractivity contribution in [1.82, 2.24) is 0 Å². The summed E-state index contributed by atoms with van der Waals surface area (Å²) in [5.74, 6) is -0.822. The fourth-order valence-electron chi connectivity index (χ4n) is 2.55. The minimum atomic E-state index is -0.822. The van der Waals surface area contributed by atoms with Gasteiger partial charge in [-0.15, -0.1) is 0 Å². The summed E-state index contributed by atoms with van der Waals surface area (Å²) in [5, 5.41) is 9.48. The summed E-state index contributed by atoms with van der Waals surface area (Å²) in [4.78, 5) is 11.5. The van der Waals surface area contributed by atoms with Gasteiger partial charge in [-0.3, -0.25) is 0 Å². The Morgan fingerprint density at radius 1 is 1.19 bits per heavy atom. The molecular formula is C19H22O2. The number of aliphatic carboxylic acids is 1. The molecule has 2 heteroatoms. The molecule has 110 valence electrons. The van der Waals surface area contributed by atoms with Crippen LogP contribution < -0.4 is 0 Å². The van der Waals surface area contributed by atoms with Crippen molar-refractivity contribution >= 4 is 11.5 Å². The first-order valence-electron chi connectivity index (χ1n) is 7.61. The van der Waals surface area contributed by atoms with Gasteiger partial charge < -0.3 is 5.11 Å². The van der Waals surface area contributed by atoms with Gasteiger partial charge >= 0.3 is 5.97 Å². The highest BCUT2D eigenvalue weighted by Crippen LogP contribution is 2.30. The Bertz CT molecular complexity index is 577. The molecule has 0 aliphatic heterocycles. The average Bonchev–Trinajstić information content (AvgIpc) is 2.52. The molecule has 0 bridgehead atoms. The van der Waals surface area contributed by atoms with E-state index in [1.807, 2.05) is 36.4 Å². The Morgan fingerprint density at radius 2 is 1.95 bits per heavy atom. The van der Waals surface area contributed by atoms with Crippen molar-refractivity contribution in [1.29, 1.82) is 0 Å². The van der Waals surface area contributed by atoms with E-state index in [1.54, 1.807) is 0 Å². The molecule has 0 aromatic heterocycles. The molecular weight excluding hydrogens is 260 g/mol. The molecule has 0 fully saturated rings. The van der Waals surface area contributed by atoms with Crippen LogP contribution in [0.3, 0.4) is 0 Å². The summed E-state index contributed by atoms with van der Waals surface area (Å²) < 4.78 is 0. The molecule has 1 aliphatic carbocycles. The second kappa shape index (κ2) is 7.63. The number of benzene rings is 1. The molecule has 0 amide bonds. The lowest BCUT2D eigenvalue weighted by Gasteiger charge is -2.15. The Morgan fingerprint density at radius 3 is 2.62 bits per heavy atom. The van der Waals surface area contributed by atoms with Gasteiger partial charge in [0.15, 0.2) is 0 Å². The summed E-state index contributed by atoms with van der Waals surface area (Å²) in [6.45, 7) is 2.19. The molecule has 0 unspecified atom stereocenters. The largest absolute Gasteiger partial charge is 0.478 e. The molecule has 2 rings (SSSR count). The Labute approximate surface area is 126 Å². The van der Waals surface area contributed by atoms with E-state index in [4.69, 9.17) is 0 Å². The number of hydrogen-bond donors (Lipinski definition) is 1. The number of carboxylic acids is 1. The lowest BCUT2D eigenvalue weighted by molar-refractivity contribution is -0.132. The number of carbonyl (C=O) groups is 1. The van der Waals surface area contributed by atoms with E-state index in [1.165, 1.54) is 19.3 Å². The Hall–Kier alpha value is -2.09. The summed E-state index contributed by atoms with van der Waals surface area (Å²) in [6.07, 6.45) is 11.3. The topological polar surface area (TPSA) is 37.3 Å². The number of hydrogen-bond acceptors (Lipinski definition) is 1. The average molecular weight is 282 g/mol. The molecule has 1 aromatic rings. The first-order valence-corrected chi connectivity index (χ1v) is 7.61. The highest BCUT2D eigenvalue weighted by atomic mass is 16.4. The van der Waals surface area contributed by atoms with Gasteiger partial charge in [0, 0.05) is 12.0 Å². The number of rotatable bonds is 6. The van der Waals surface area contributed by atoms with Gasteiger partial charge in [-0.1, -0.05) is 68.3 Å². The molecule has 0 heterocycles. The SMILES string of the molecule is CCCCCC=C1C=CC(c2ccccc2)=C(C(=O)O)C1. The molecule has 1 N–H and O–H groups in total. The van der Waals surface area contributed by atoms with Gasteiger partial charge in [0.05, 0.1) is 0 Å². The number of carboxylic acid groups (broad SMARTS) is 1. The zero-order valence-electron chi connectivity index (χ0n) is 12.5. The molecule has 0 saturated heterocycles. The van der Waals surface area contributed by atoms with Crippen LogP contribution in [0.2, 0.25) is 0 Å². The van der Waals surface area contributed by atoms with Crippen molar-refractivity contribution in [2.75, 3.05) is 0 Å². The molecule has 21 heavy (non-hydrogen) atoms. The van der Waals surface area contributed by atoms with Crippen LogP contribution in [0.1, 0.15) is 44.6 Å². The number of unbranched alkanes of at least 4 members (excludes halogenated alkanes) is 3. The quantitative estimate of drug-likeness (QED) is 0.746. The van der Waals surface area contributed by atoms with E-state index in [0.717, 1.165) is 23.1 Å². The minimum Gasteiger partial charge on any atom is -0.478 e. The smallest absolute Gasteiger partial charge is 0.332 e. The van der Waals surface area contributed by atoms with Gasteiger partial charge in [0.25, 0.3) is 0 Å². The Balaban J connectivity index is 2.18. The first kappa shape index (κ1) is 15.3. The Kier molecular flexibility index (Phi) is 5.56. The van der Waals surface area contributed by atoms with Crippen LogP contribution in [-0.4, -0.2) is 11.1 Å². The van der Waals surface area contributed by atoms with Crippen LogP contribution in [0.25, 0.3) is 5.57 Å². The van der Waals surface area contributed by atoms with Crippen molar-refractivity contribution in [3.8, 4) is 0 Å². The van der Waals surface area contributed by atoms with E-state index in [-0.39, 0.29) is 0 Å². The molecule has 0 spiro atoms. The maximum Gasteiger partial charge on any atom is 0.332 e. The van der Waals surface area contributed by atoms with Crippen molar-refractivity contribution in [2.45, 2.75) is 39.0 Å². The summed E-state index contributed by atoms with van der Waals surface area (Å²) in [5.41, 5.74) is 3.40. The highest BCUT2D eigenvalue weighted by Gasteiger charge is 2.18. The van der Waals surface area contributed by atoms with Gasteiger partial charge in [-0.2, -0.15) is 0 Å². The highest BCUT2D eigenvalue weighted by molar-refractivity contribution is 6.00. The van der Waals surface area contributed by atoms with Crippen LogP contribution >= 0.6 is 0 Å². The third-order valence-electron chi connectivity index (χ3n) is 3.73. The molecule has 1 aliphatic rings. The molecule has 0 atom stereocenters. The lowest BCUT2D eigenvalue weighted by atomic mass is 9.89. The summed E-state index contributed by atoms with van der Waals surface area (Å²) in [7, 11) is 0. The molecule has 0 radical (unpaired) electrons. The normalized spacial score (nSPS) is 16.5. The monoisotopic (exact) mass is 282 g/mol. The van der Waals surface area contributed by atoms with E-state index < -0.39 is 5.97 Å². The maximum atomic E-state index is 11.5. The van der Waals surface area contributed by atoms with E-state index in [2.05, 4.69) is 19.1 Å². The standard InChI is InChI=1S/C19H22O2/c1-2-3-4-6-9-15-12-13-17(18(14-15)19(20)21)16-10-7-5-8-11-16/h5,7-13H,2-4,6,14H2,1H3,(H,20,21). The van der Waals surface area contributed by atoms with Crippen LogP contribution in [-0.2, 0) is 4.79 Å². The summed E-state index contributed by atoms with van der Waals surface area (Å²) >= 11 is 0. The van der Waals surface area contributed by atoms with Crippen LogP contribution in [0.15, 0.2) is 59.7 Å². The van der Waals surface area contributed by atoms with Gasteiger partial charge in [0.1, 0.15) is 0 Å². The lowest BCUT2D eigenvalue weighted by Crippen LogP contribution is -2.07. The van der Waals surface area contributed by atoms with E-state index in [0.29, 0.717) is 12.0 Å². The predicted molar refractivity (Wildman–Crippen MR) is 87.0 cm³/mol. The molecule has 1 aromatic carbocycles. The van der Waals surface area contributed by atoms with Crippen molar-refractivity contribution in [2.24, 2.45) is 0 Å². The van der Waals surface area contributed by atoms with Crippen LogP contribution in [0.5, 0.6) is 0 Å². The maximum absolute atomic E-state index is 11.5. The van der Waals surface area contributed by atoms with Crippen molar-refractivity contribution in [3.05, 3.63) is 65.3 Å². The first-order chi connectivity index (χ1) is 10.2. The zero-order valence-corrected chi connectivity index (χ0v) is 12.5. The summed E-state index contributed by atoms with van der Waals surface area (Å²) in [6, 6.07) is 9.73. The second-order valence-electron chi connectivity index (χ2n) is 5.35. The second-order valence-corrected chi connectivity index (χ2v) is 5.35. The third kappa shape index (κ3) is 4.19. The van der Waals surface area contributed by atoms with E-state index >= 15 is 0 Å². The van der Waals surface area contributed by atoms with Gasteiger partial charge in [0.2, 0.25) is 0 Å². The third-order valence-corrected chi connectivity index (χ3v) is 3.73. The van der Waals surface area contributed by atoms with Crippen LogP contribution in [0.4, 0.5) is 0 Å². The fourth-order valence-corrected chi connectivity index (χ4v) is 2.55. The fraction of sp³-hybridized carbons (Fsp3) is 0.316. The van der Waals surface area contributed by atoms with Gasteiger partial charge in [-0.25, -0.2) is 4.79 Å². The molecule has 2 nitrogen and oxygen atoms in total. The van der Waals surface area contributed by atoms with Crippen molar-refractivity contribution < 1.29 is 9.90 Å². The minimum absolute atomic E-state index is 0.491. The molecule has 0 saturated carbocycles. The number of allylic oxidation sites excluding steroid dienone is 5. The zero-order chi connectivity index (χ0) is 15.1. The van der Waals surface area contributed by atoms with Gasteiger partial charge in [-0.05, 0) is 29.6 Å².